The molecule has 35 heavy (non-hydrogen) atoms. The number of rotatable bonds is 4. The Morgan fingerprint density at radius 2 is 1.66 bits per heavy atom. The average molecular weight is 512 g/mol. The summed E-state index contributed by atoms with van der Waals surface area (Å²) in [6.45, 7) is 3.99. The molecule has 1 aliphatic rings. The fourth-order valence-electron chi connectivity index (χ4n) is 4.28. The van der Waals surface area contributed by atoms with Crippen LogP contribution in [0.25, 0.3) is 11.1 Å². The molecule has 1 aliphatic heterocycles. The van der Waals surface area contributed by atoms with Gasteiger partial charge in [0.15, 0.2) is 9.84 Å². The molecule has 0 saturated carbocycles. The number of benzene rings is 3. The van der Waals surface area contributed by atoms with E-state index in [0.717, 1.165) is 22.9 Å². The molecule has 1 atom stereocenters. The van der Waals surface area contributed by atoms with Gasteiger partial charge in [-0.25, -0.2) is 13.2 Å². The molecule has 1 unspecified atom stereocenters. The van der Waals surface area contributed by atoms with Crippen molar-refractivity contribution in [1.82, 2.24) is 5.32 Å². The maximum Gasteiger partial charge on any atom is 0.322 e. The summed E-state index contributed by atoms with van der Waals surface area (Å²) in [5.41, 5.74) is 3.63. The molecule has 0 fully saturated rings. The van der Waals surface area contributed by atoms with Crippen molar-refractivity contribution < 1.29 is 18.0 Å². The van der Waals surface area contributed by atoms with E-state index in [9.17, 15) is 18.0 Å². The number of anilines is 2. The summed E-state index contributed by atoms with van der Waals surface area (Å²) in [4.78, 5) is 29.2. The van der Waals surface area contributed by atoms with Crippen LogP contribution in [0.4, 0.5) is 16.2 Å². The van der Waals surface area contributed by atoms with Gasteiger partial charge < -0.3 is 10.2 Å². The molecule has 1 N–H and O–H groups in total. The molecule has 0 aliphatic carbocycles. The zero-order chi connectivity index (χ0) is 25.3. The number of hydrogen-bond acceptors (Lipinski definition) is 4. The minimum atomic E-state index is -3.31. The number of urea groups is 1. The Bertz CT molecular complexity index is 1390. The smallest absolute Gasteiger partial charge is 0.322 e. The summed E-state index contributed by atoms with van der Waals surface area (Å²) in [5.74, 6) is -0.111. The van der Waals surface area contributed by atoms with Crippen molar-refractivity contribution in [2.24, 2.45) is 0 Å². The molecular formula is C26H26ClN3O4S. The van der Waals surface area contributed by atoms with Gasteiger partial charge in [0.05, 0.1) is 22.3 Å². The molecule has 0 aromatic heterocycles. The van der Waals surface area contributed by atoms with Crippen molar-refractivity contribution in [3.05, 3.63) is 77.3 Å². The van der Waals surface area contributed by atoms with E-state index in [2.05, 4.69) is 5.32 Å². The highest BCUT2D eigenvalue weighted by atomic mass is 35.5. The number of halogens is 1. The Morgan fingerprint density at radius 1 is 1.00 bits per heavy atom. The molecule has 9 heteroatoms. The lowest BCUT2D eigenvalue weighted by Crippen LogP contribution is -2.53. The van der Waals surface area contributed by atoms with E-state index in [1.165, 1.54) is 6.92 Å². The monoisotopic (exact) mass is 511 g/mol. The van der Waals surface area contributed by atoms with Gasteiger partial charge in [-0.05, 0) is 53.9 Å². The molecule has 1 heterocycles. The standard InChI is InChI=1S/C26H26ClN3O4S/c1-17-16-29(26(32)28-15-21-6-4-5-7-23(21)27)25-14-20(10-13-24(25)30(17)18(2)31)19-8-11-22(12-9-19)35(3,33)34/h4-14,17H,15-16H2,1-3H3,(H,28,32). The van der Waals surface area contributed by atoms with Crippen molar-refractivity contribution in [3.8, 4) is 11.1 Å². The van der Waals surface area contributed by atoms with Crippen LogP contribution in [-0.4, -0.2) is 39.2 Å². The lowest BCUT2D eigenvalue weighted by molar-refractivity contribution is -0.117. The summed E-state index contributed by atoms with van der Waals surface area (Å²) >= 11 is 6.23. The third-order valence-electron chi connectivity index (χ3n) is 6.00. The maximum atomic E-state index is 13.3. The predicted molar refractivity (Wildman–Crippen MR) is 139 cm³/mol. The second-order valence-corrected chi connectivity index (χ2v) is 11.0. The van der Waals surface area contributed by atoms with Crippen LogP contribution in [0.3, 0.4) is 0 Å². The Kier molecular flexibility index (Phi) is 6.87. The van der Waals surface area contributed by atoms with Crippen molar-refractivity contribution in [3.63, 3.8) is 0 Å². The molecule has 3 aromatic rings. The summed E-state index contributed by atoms with van der Waals surface area (Å²) < 4.78 is 23.6. The first-order valence-electron chi connectivity index (χ1n) is 11.1. The van der Waals surface area contributed by atoms with Crippen LogP contribution in [0, 0.1) is 0 Å². The number of carbonyl (C=O) groups excluding carboxylic acids is 2. The number of sulfone groups is 1. The average Bonchev–Trinajstić information content (AvgIpc) is 2.82. The Morgan fingerprint density at radius 3 is 2.29 bits per heavy atom. The number of nitrogens with one attached hydrogen (secondary N) is 1. The second-order valence-electron chi connectivity index (χ2n) is 8.60. The van der Waals surface area contributed by atoms with Gasteiger partial charge in [-0.2, -0.15) is 0 Å². The highest BCUT2D eigenvalue weighted by Crippen LogP contribution is 2.39. The minimum Gasteiger partial charge on any atom is -0.334 e. The maximum absolute atomic E-state index is 13.3. The van der Waals surface area contributed by atoms with Gasteiger partial charge in [0, 0.05) is 31.3 Å². The highest BCUT2D eigenvalue weighted by Gasteiger charge is 2.33. The van der Waals surface area contributed by atoms with Crippen LogP contribution >= 0.6 is 11.6 Å². The van der Waals surface area contributed by atoms with Gasteiger partial charge in [0.2, 0.25) is 5.91 Å². The third-order valence-corrected chi connectivity index (χ3v) is 7.50. The third kappa shape index (κ3) is 5.18. The normalized spacial score (nSPS) is 15.5. The Hall–Kier alpha value is -3.36. The summed E-state index contributed by atoms with van der Waals surface area (Å²) in [5, 5.41) is 3.50. The van der Waals surface area contributed by atoms with Crippen molar-refractivity contribution in [2.75, 3.05) is 22.6 Å². The van der Waals surface area contributed by atoms with E-state index in [0.29, 0.717) is 22.9 Å². The number of fused-ring (bicyclic) bond motifs is 1. The topological polar surface area (TPSA) is 86.8 Å². The molecule has 4 rings (SSSR count). The highest BCUT2D eigenvalue weighted by molar-refractivity contribution is 7.90. The van der Waals surface area contributed by atoms with Crippen molar-refractivity contribution in [1.29, 1.82) is 0 Å². The number of carbonyl (C=O) groups is 2. The van der Waals surface area contributed by atoms with Crippen molar-refractivity contribution in [2.45, 2.75) is 31.3 Å². The first kappa shape index (κ1) is 24.8. The largest absolute Gasteiger partial charge is 0.334 e. The molecule has 0 radical (unpaired) electrons. The van der Waals surface area contributed by atoms with Gasteiger partial charge in [-0.1, -0.05) is 48.0 Å². The molecule has 182 valence electrons. The van der Waals surface area contributed by atoms with Crippen molar-refractivity contribution >= 4 is 44.8 Å². The van der Waals surface area contributed by atoms with E-state index in [-0.39, 0.29) is 29.4 Å². The first-order valence-corrected chi connectivity index (χ1v) is 13.4. The lowest BCUT2D eigenvalue weighted by Gasteiger charge is -2.41. The van der Waals surface area contributed by atoms with Gasteiger partial charge in [-0.15, -0.1) is 0 Å². The summed E-state index contributed by atoms with van der Waals surface area (Å²) in [7, 11) is -3.31. The molecule has 3 amide bonds. The quantitative estimate of drug-likeness (QED) is 0.540. The number of amides is 3. The van der Waals surface area contributed by atoms with E-state index in [1.54, 1.807) is 40.1 Å². The molecule has 0 spiro atoms. The van der Waals surface area contributed by atoms with E-state index in [1.807, 2.05) is 43.3 Å². The molecular weight excluding hydrogens is 486 g/mol. The lowest BCUT2D eigenvalue weighted by atomic mass is 10.0. The SMILES string of the molecule is CC(=O)N1c2ccc(-c3ccc(S(C)(=O)=O)cc3)cc2N(C(=O)NCc2ccccc2Cl)CC1C. The molecule has 3 aromatic carbocycles. The molecule has 0 bridgehead atoms. The fraction of sp³-hybridized carbons (Fsp3) is 0.231. The summed E-state index contributed by atoms with van der Waals surface area (Å²) in [6.07, 6.45) is 1.16. The van der Waals surface area contributed by atoms with Crippen LogP contribution in [0.15, 0.2) is 71.6 Å². The van der Waals surface area contributed by atoms with Crippen LogP contribution in [-0.2, 0) is 21.2 Å². The van der Waals surface area contributed by atoms with Crippen LogP contribution in [0.1, 0.15) is 19.4 Å². The number of hydrogen-bond donors (Lipinski definition) is 1. The predicted octanol–water partition coefficient (Wildman–Crippen LogP) is 4.88. The molecule has 0 saturated heterocycles. The van der Waals surface area contributed by atoms with Crippen LogP contribution in [0.5, 0.6) is 0 Å². The second kappa shape index (κ2) is 9.71. The van der Waals surface area contributed by atoms with Gasteiger partial charge in [0.1, 0.15) is 0 Å². The first-order chi connectivity index (χ1) is 16.6. The molecule has 7 nitrogen and oxygen atoms in total. The van der Waals surface area contributed by atoms with E-state index in [4.69, 9.17) is 11.6 Å². The van der Waals surface area contributed by atoms with Crippen LogP contribution < -0.4 is 15.1 Å². The Balaban J connectivity index is 1.69. The Labute approximate surface area is 210 Å². The fourth-order valence-corrected chi connectivity index (χ4v) is 5.11. The summed E-state index contributed by atoms with van der Waals surface area (Å²) in [6, 6.07) is 18.9. The van der Waals surface area contributed by atoms with Gasteiger partial charge in [0.25, 0.3) is 0 Å². The zero-order valence-corrected chi connectivity index (χ0v) is 21.2. The minimum absolute atomic E-state index is 0.111. The van der Waals surface area contributed by atoms with E-state index >= 15 is 0 Å². The van der Waals surface area contributed by atoms with Gasteiger partial charge in [-0.3, -0.25) is 9.69 Å². The van der Waals surface area contributed by atoms with Gasteiger partial charge >= 0.3 is 6.03 Å². The van der Waals surface area contributed by atoms with E-state index < -0.39 is 9.84 Å². The number of nitrogens with zero attached hydrogens (tertiary/aromatic N) is 2. The zero-order valence-electron chi connectivity index (χ0n) is 19.7. The van der Waals surface area contributed by atoms with Crippen LogP contribution in [0.2, 0.25) is 5.02 Å².